The number of fused-ring (bicyclic) bond motifs is 1. The molecule has 0 bridgehead atoms. The van der Waals surface area contributed by atoms with Crippen LogP contribution in [0.2, 0.25) is 0 Å². The Balaban J connectivity index is 1.65. The zero-order valence-corrected chi connectivity index (χ0v) is 18.6. The van der Waals surface area contributed by atoms with Crippen molar-refractivity contribution in [3.8, 4) is 5.75 Å². The summed E-state index contributed by atoms with van der Waals surface area (Å²) in [6.07, 6.45) is -0.339. The van der Waals surface area contributed by atoms with Gasteiger partial charge < -0.3 is 14.7 Å². The van der Waals surface area contributed by atoms with Gasteiger partial charge in [-0.25, -0.2) is 0 Å². The van der Waals surface area contributed by atoms with Crippen molar-refractivity contribution in [3.05, 3.63) is 94.0 Å². The van der Waals surface area contributed by atoms with E-state index in [1.807, 2.05) is 43.3 Å². The highest BCUT2D eigenvalue weighted by Crippen LogP contribution is 2.44. The number of ketones is 1. The molecule has 1 heterocycles. The van der Waals surface area contributed by atoms with E-state index in [2.05, 4.69) is 15.9 Å². The number of carbonyl (C=O) groups is 2. The van der Waals surface area contributed by atoms with Crippen LogP contribution in [0.3, 0.4) is 0 Å². The molecule has 4 rings (SSSR count). The molecular weight excluding hydrogens is 458 g/mol. The zero-order chi connectivity index (χ0) is 22.0. The van der Waals surface area contributed by atoms with E-state index in [1.165, 1.54) is 0 Å². The Morgan fingerprint density at radius 3 is 2.45 bits per heavy atom. The van der Waals surface area contributed by atoms with Gasteiger partial charge in [-0.1, -0.05) is 46.3 Å². The topological polar surface area (TPSA) is 66.8 Å². The first kappa shape index (κ1) is 21.3. The molecule has 1 aliphatic rings. The maximum atomic E-state index is 13.4. The Morgan fingerprint density at radius 2 is 1.77 bits per heavy atom. The number of hydrogen-bond donors (Lipinski definition) is 1. The van der Waals surface area contributed by atoms with Gasteiger partial charge in [0.1, 0.15) is 5.75 Å². The third-order valence-electron chi connectivity index (χ3n) is 5.38. The number of aliphatic hydroxyl groups is 1. The molecule has 3 aromatic carbocycles. The van der Waals surface area contributed by atoms with E-state index in [1.54, 1.807) is 41.3 Å². The number of hydrogen-bond acceptors (Lipinski definition) is 4. The van der Waals surface area contributed by atoms with Gasteiger partial charge in [-0.15, -0.1) is 0 Å². The smallest absolute Gasteiger partial charge is 0.264 e. The summed E-state index contributed by atoms with van der Waals surface area (Å²) in [7, 11) is 0. The lowest BCUT2D eigenvalue weighted by molar-refractivity contribution is -0.136. The number of nitrogens with zero attached hydrogens (tertiary/aromatic N) is 1. The predicted molar refractivity (Wildman–Crippen MR) is 122 cm³/mol. The second-order valence-electron chi connectivity index (χ2n) is 7.46. The zero-order valence-electron chi connectivity index (χ0n) is 17.0. The summed E-state index contributed by atoms with van der Waals surface area (Å²) in [4.78, 5) is 27.9. The van der Waals surface area contributed by atoms with Crippen LogP contribution in [0, 0.1) is 0 Å². The number of rotatable bonds is 7. The lowest BCUT2D eigenvalue weighted by Crippen LogP contribution is -2.41. The van der Waals surface area contributed by atoms with Crippen molar-refractivity contribution in [1.29, 1.82) is 0 Å². The Morgan fingerprint density at radius 1 is 1.06 bits per heavy atom. The van der Waals surface area contributed by atoms with Crippen LogP contribution in [0.4, 0.5) is 5.69 Å². The van der Waals surface area contributed by atoms with Crippen molar-refractivity contribution in [2.24, 2.45) is 0 Å². The molecule has 1 unspecified atom stereocenters. The minimum atomic E-state index is -1.93. The highest BCUT2D eigenvalue weighted by Gasteiger charge is 2.51. The maximum Gasteiger partial charge on any atom is 0.264 e. The monoisotopic (exact) mass is 479 g/mol. The number of amides is 1. The van der Waals surface area contributed by atoms with Gasteiger partial charge in [0, 0.05) is 15.6 Å². The molecule has 0 saturated carbocycles. The first-order chi connectivity index (χ1) is 14.9. The molecular formula is C25H22BrNO4. The van der Waals surface area contributed by atoms with Crippen LogP contribution in [0.15, 0.2) is 77.3 Å². The van der Waals surface area contributed by atoms with Crippen molar-refractivity contribution in [2.75, 3.05) is 11.5 Å². The van der Waals surface area contributed by atoms with Gasteiger partial charge in [0.15, 0.2) is 11.4 Å². The number of ether oxygens (including phenoxy) is 1. The average molecular weight is 480 g/mol. The largest absolute Gasteiger partial charge is 0.494 e. The number of anilines is 1. The average Bonchev–Trinajstić information content (AvgIpc) is 2.96. The SMILES string of the molecule is CCOc1ccc(C(=O)CC2(O)C(=O)N(Cc3ccccc3)c3ccc(Br)cc32)cc1. The van der Waals surface area contributed by atoms with Crippen LogP contribution in [0.25, 0.3) is 0 Å². The molecule has 6 heteroatoms. The maximum absolute atomic E-state index is 13.4. The van der Waals surface area contributed by atoms with Crippen molar-refractivity contribution in [1.82, 2.24) is 0 Å². The van der Waals surface area contributed by atoms with Crippen molar-refractivity contribution in [2.45, 2.75) is 25.5 Å². The molecule has 0 spiro atoms. The summed E-state index contributed by atoms with van der Waals surface area (Å²) >= 11 is 3.42. The highest BCUT2D eigenvalue weighted by molar-refractivity contribution is 9.10. The molecule has 0 saturated heterocycles. The van der Waals surface area contributed by atoms with Gasteiger partial charge in [-0.05, 0) is 55.0 Å². The lowest BCUT2D eigenvalue weighted by atomic mass is 9.88. The standard InChI is InChI=1S/C25H22BrNO4/c1-2-31-20-11-8-18(9-12-20)23(28)15-25(30)21-14-19(26)10-13-22(21)27(24(25)29)16-17-6-4-3-5-7-17/h3-14,30H,2,15-16H2,1H3. The fraction of sp³-hybridized carbons (Fsp3) is 0.200. The second-order valence-corrected chi connectivity index (χ2v) is 8.37. The molecule has 5 nitrogen and oxygen atoms in total. The first-order valence-corrected chi connectivity index (χ1v) is 10.9. The Bertz CT molecular complexity index is 1110. The molecule has 3 aromatic rings. The molecule has 0 aromatic heterocycles. The van der Waals surface area contributed by atoms with Crippen LogP contribution in [0.5, 0.6) is 5.75 Å². The predicted octanol–water partition coefficient (Wildman–Crippen LogP) is 4.86. The quantitative estimate of drug-likeness (QED) is 0.491. The van der Waals surface area contributed by atoms with Gasteiger partial charge in [0.25, 0.3) is 5.91 Å². The molecule has 0 fully saturated rings. The van der Waals surface area contributed by atoms with Gasteiger partial charge in [0.2, 0.25) is 0 Å². The number of carbonyl (C=O) groups excluding carboxylic acids is 2. The first-order valence-electron chi connectivity index (χ1n) is 10.1. The summed E-state index contributed by atoms with van der Waals surface area (Å²) in [6, 6.07) is 21.6. The van der Waals surface area contributed by atoms with Crippen molar-refractivity contribution >= 4 is 33.3 Å². The summed E-state index contributed by atoms with van der Waals surface area (Å²) in [6.45, 7) is 2.73. The number of benzene rings is 3. The minimum absolute atomic E-state index is 0.313. The third-order valence-corrected chi connectivity index (χ3v) is 5.87. The summed E-state index contributed by atoms with van der Waals surface area (Å²) < 4.78 is 6.14. The fourth-order valence-electron chi connectivity index (χ4n) is 3.85. The van der Waals surface area contributed by atoms with Crippen LogP contribution in [-0.2, 0) is 16.9 Å². The summed E-state index contributed by atoms with van der Waals surface area (Å²) in [5.41, 5.74) is 0.472. The third kappa shape index (κ3) is 4.13. The van der Waals surface area contributed by atoms with Crippen molar-refractivity contribution in [3.63, 3.8) is 0 Å². The lowest BCUT2D eigenvalue weighted by Gasteiger charge is -2.23. The Labute approximate surface area is 189 Å². The van der Waals surface area contributed by atoms with Gasteiger partial charge in [-0.2, -0.15) is 0 Å². The van der Waals surface area contributed by atoms with Gasteiger partial charge in [0.05, 0.1) is 25.3 Å². The van der Waals surface area contributed by atoms with Crippen LogP contribution in [0.1, 0.15) is 34.8 Å². The van der Waals surface area contributed by atoms with Gasteiger partial charge >= 0.3 is 0 Å². The molecule has 31 heavy (non-hydrogen) atoms. The van der Waals surface area contributed by atoms with E-state index < -0.39 is 11.5 Å². The van der Waals surface area contributed by atoms with E-state index >= 15 is 0 Å². The summed E-state index contributed by atoms with van der Waals surface area (Å²) in [5.74, 6) is -0.145. The van der Waals surface area contributed by atoms with E-state index in [0.717, 1.165) is 10.0 Å². The van der Waals surface area contributed by atoms with E-state index in [0.29, 0.717) is 35.7 Å². The van der Waals surface area contributed by atoms with Crippen LogP contribution < -0.4 is 9.64 Å². The highest BCUT2D eigenvalue weighted by atomic mass is 79.9. The minimum Gasteiger partial charge on any atom is -0.494 e. The van der Waals surface area contributed by atoms with E-state index in [9.17, 15) is 14.7 Å². The van der Waals surface area contributed by atoms with E-state index in [4.69, 9.17) is 4.74 Å². The molecule has 0 aliphatic carbocycles. The Kier molecular flexibility index (Phi) is 5.94. The molecule has 0 radical (unpaired) electrons. The molecule has 1 N–H and O–H groups in total. The second kappa shape index (κ2) is 8.65. The normalized spacial score (nSPS) is 17.5. The van der Waals surface area contributed by atoms with Gasteiger partial charge in [-0.3, -0.25) is 9.59 Å². The summed E-state index contributed by atoms with van der Waals surface area (Å²) in [5, 5.41) is 11.5. The number of halogens is 1. The fourth-order valence-corrected chi connectivity index (χ4v) is 4.22. The molecule has 1 aliphatic heterocycles. The van der Waals surface area contributed by atoms with Crippen LogP contribution >= 0.6 is 15.9 Å². The molecule has 158 valence electrons. The molecule has 1 amide bonds. The number of Topliss-reactive ketones (excluding diaryl/α,β-unsaturated/α-hetero) is 1. The molecule has 1 atom stereocenters. The Hall–Kier alpha value is -2.96. The van der Waals surface area contributed by atoms with Crippen molar-refractivity contribution < 1.29 is 19.4 Å². The van der Waals surface area contributed by atoms with E-state index in [-0.39, 0.29) is 12.2 Å². The van der Waals surface area contributed by atoms with Crippen LogP contribution in [-0.4, -0.2) is 23.4 Å².